The van der Waals surface area contributed by atoms with Crippen LogP contribution >= 0.6 is 35.2 Å². The second-order valence-corrected chi connectivity index (χ2v) is 2.90. The lowest BCUT2D eigenvalue weighted by Gasteiger charge is -1.93. The van der Waals surface area contributed by atoms with Gasteiger partial charge in [0.1, 0.15) is 0 Å². The quantitative estimate of drug-likeness (QED) is 0.607. The molecule has 0 saturated carbocycles. The van der Waals surface area contributed by atoms with Crippen molar-refractivity contribution in [3.63, 3.8) is 0 Å². The molecule has 3 heteroatoms. The van der Waals surface area contributed by atoms with Gasteiger partial charge in [0.15, 0.2) is 0 Å². The van der Waals surface area contributed by atoms with Crippen LogP contribution in [0.5, 0.6) is 0 Å². The van der Waals surface area contributed by atoms with Gasteiger partial charge >= 0.3 is 0 Å². The minimum atomic E-state index is 0.912. The molecule has 0 aliphatic carbocycles. The second kappa shape index (κ2) is 3.98. The highest BCUT2D eigenvalue weighted by Gasteiger charge is 1.91. The predicted octanol–water partition coefficient (Wildman–Crippen LogP) is 2.78. The first kappa shape index (κ1) is 8.07. The second-order valence-electron chi connectivity index (χ2n) is 1.70. The fraction of sp³-hybridized carbons (Fsp3) is 0. The van der Waals surface area contributed by atoms with Gasteiger partial charge in [-0.2, -0.15) is 0 Å². The summed E-state index contributed by atoms with van der Waals surface area (Å²) in [6, 6.07) is 3.79. The van der Waals surface area contributed by atoms with Crippen molar-refractivity contribution in [3.05, 3.63) is 28.1 Å². The fourth-order valence-electron chi connectivity index (χ4n) is 0.597. The van der Waals surface area contributed by atoms with E-state index in [2.05, 4.69) is 40.2 Å². The van der Waals surface area contributed by atoms with Crippen LogP contribution in [0.2, 0.25) is 0 Å². The molecule has 0 N–H and O–H groups in total. The third-order valence-corrected chi connectivity index (χ3v) is 1.77. The number of rotatable bonds is 1. The average molecular weight is 263 g/mol. The lowest BCUT2D eigenvalue weighted by Crippen LogP contribution is -1.79. The molecule has 0 radical (unpaired) electrons. The van der Waals surface area contributed by atoms with Gasteiger partial charge < -0.3 is 0 Å². The van der Waals surface area contributed by atoms with Crippen molar-refractivity contribution in [2.24, 2.45) is 0 Å². The lowest BCUT2D eigenvalue weighted by atomic mass is 10.3. The maximum atomic E-state index is 4.21. The number of hydrogen-bond donors (Lipinski definition) is 1. The number of thiol groups is 1. The van der Waals surface area contributed by atoms with Crippen molar-refractivity contribution in [2.75, 3.05) is 0 Å². The van der Waals surface area contributed by atoms with Gasteiger partial charge in [-0.25, -0.2) is 0 Å². The Labute approximate surface area is 79.1 Å². The molecule has 1 nitrogen and oxygen atoms in total. The van der Waals surface area contributed by atoms with E-state index in [1.807, 2.05) is 22.3 Å². The summed E-state index contributed by atoms with van der Waals surface area (Å²) in [4.78, 5) is 5.01. The monoisotopic (exact) mass is 263 g/mol. The molecule has 0 spiro atoms. The Kier molecular flexibility index (Phi) is 3.21. The van der Waals surface area contributed by atoms with E-state index in [1.165, 1.54) is 0 Å². The third-order valence-electron chi connectivity index (χ3n) is 1.04. The molecule has 1 rings (SSSR count). The van der Waals surface area contributed by atoms with Gasteiger partial charge in [0.05, 0.1) is 5.69 Å². The summed E-state index contributed by atoms with van der Waals surface area (Å²) in [5.41, 5.74) is 0.917. The molecule has 1 heterocycles. The Morgan fingerprint density at radius 1 is 1.60 bits per heavy atom. The summed E-state index contributed by atoms with van der Waals surface area (Å²) in [6.07, 6.45) is 3.68. The Bertz CT molecular complexity index is 247. The summed E-state index contributed by atoms with van der Waals surface area (Å²) in [5, 5.41) is 0. The topological polar surface area (TPSA) is 12.9 Å². The molecule has 0 aliphatic rings. The zero-order valence-corrected chi connectivity index (χ0v) is 8.21. The first-order valence-electron chi connectivity index (χ1n) is 2.75. The van der Waals surface area contributed by atoms with Gasteiger partial charge in [-0.05, 0) is 22.3 Å². The summed E-state index contributed by atoms with van der Waals surface area (Å²) >= 11 is 6.37. The maximum Gasteiger partial charge on any atom is 0.0767 e. The van der Waals surface area contributed by atoms with Crippen LogP contribution < -0.4 is 0 Å². The van der Waals surface area contributed by atoms with Crippen LogP contribution in [0.15, 0.2) is 27.3 Å². The van der Waals surface area contributed by atoms with Crippen molar-refractivity contribution in [1.29, 1.82) is 0 Å². The van der Waals surface area contributed by atoms with Crippen LogP contribution in [-0.2, 0) is 0 Å². The SMILES string of the molecule is Sc1cccnc1/C=C\I. The van der Waals surface area contributed by atoms with Crippen LogP contribution in [0.25, 0.3) is 6.08 Å². The molecule has 0 amide bonds. The normalized spacial score (nSPS) is 10.6. The van der Waals surface area contributed by atoms with Crippen LogP contribution in [0.4, 0.5) is 0 Å². The summed E-state index contributed by atoms with van der Waals surface area (Å²) in [7, 11) is 0. The van der Waals surface area contributed by atoms with Crippen LogP contribution in [0.1, 0.15) is 5.69 Å². The standard InChI is InChI=1S/C7H6INS/c8-4-3-6-7(10)2-1-5-9-6/h1-5,10H/b4-3-. The van der Waals surface area contributed by atoms with E-state index in [0.29, 0.717) is 0 Å². The Morgan fingerprint density at radius 3 is 3.00 bits per heavy atom. The largest absolute Gasteiger partial charge is 0.256 e. The van der Waals surface area contributed by atoms with Crippen molar-refractivity contribution >= 4 is 41.3 Å². The van der Waals surface area contributed by atoms with Gasteiger partial charge in [0.2, 0.25) is 0 Å². The zero-order chi connectivity index (χ0) is 7.40. The highest BCUT2D eigenvalue weighted by atomic mass is 127. The van der Waals surface area contributed by atoms with Gasteiger partial charge in [0, 0.05) is 11.1 Å². The zero-order valence-electron chi connectivity index (χ0n) is 5.16. The van der Waals surface area contributed by atoms with Crippen molar-refractivity contribution in [1.82, 2.24) is 4.98 Å². The van der Waals surface area contributed by atoms with E-state index in [9.17, 15) is 0 Å². The smallest absolute Gasteiger partial charge is 0.0767 e. The Morgan fingerprint density at radius 2 is 2.40 bits per heavy atom. The highest BCUT2D eigenvalue weighted by Crippen LogP contribution is 2.11. The molecule has 52 valence electrons. The molecule has 1 aromatic heterocycles. The summed E-state index contributed by atoms with van der Waals surface area (Å²) in [6.45, 7) is 0. The van der Waals surface area contributed by atoms with E-state index >= 15 is 0 Å². The number of halogens is 1. The number of nitrogens with zero attached hydrogens (tertiary/aromatic N) is 1. The van der Waals surface area contributed by atoms with E-state index in [0.717, 1.165) is 10.6 Å². The van der Waals surface area contributed by atoms with E-state index in [4.69, 9.17) is 0 Å². The molecule has 0 unspecified atom stereocenters. The number of pyridine rings is 1. The lowest BCUT2D eigenvalue weighted by molar-refractivity contribution is 1.21. The van der Waals surface area contributed by atoms with Crippen LogP contribution in [0.3, 0.4) is 0 Å². The first-order valence-corrected chi connectivity index (χ1v) is 4.44. The van der Waals surface area contributed by atoms with E-state index in [-0.39, 0.29) is 0 Å². The average Bonchev–Trinajstić information content (AvgIpc) is 1.94. The van der Waals surface area contributed by atoms with Gasteiger partial charge in [0.25, 0.3) is 0 Å². The molecule has 0 bridgehead atoms. The van der Waals surface area contributed by atoms with E-state index in [1.54, 1.807) is 6.20 Å². The molecule has 0 fully saturated rings. The molecule has 0 aromatic carbocycles. The third kappa shape index (κ3) is 1.98. The molecular weight excluding hydrogens is 257 g/mol. The Balaban J connectivity index is 3.03. The molecular formula is C7H6INS. The fourth-order valence-corrected chi connectivity index (χ4v) is 1.16. The van der Waals surface area contributed by atoms with E-state index < -0.39 is 0 Å². The summed E-state index contributed by atoms with van der Waals surface area (Å²) in [5.74, 6) is 0. The van der Waals surface area contributed by atoms with Crippen molar-refractivity contribution < 1.29 is 0 Å². The van der Waals surface area contributed by atoms with Crippen molar-refractivity contribution in [2.45, 2.75) is 4.90 Å². The Hall–Kier alpha value is -0.0300. The number of aromatic nitrogens is 1. The van der Waals surface area contributed by atoms with Gasteiger partial charge in [-0.1, -0.05) is 22.6 Å². The minimum absolute atomic E-state index is 0.912. The number of hydrogen-bond acceptors (Lipinski definition) is 2. The molecule has 10 heavy (non-hydrogen) atoms. The first-order chi connectivity index (χ1) is 4.84. The van der Waals surface area contributed by atoms with Crippen molar-refractivity contribution in [3.8, 4) is 0 Å². The minimum Gasteiger partial charge on any atom is -0.256 e. The maximum absolute atomic E-state index is 4.21. The van der Waals surface area contributed by atoms with Crippen LogP contribution in [0, 0.1) is 0 Å². The molecule has 0 atom stereocenters. The molecule has 0 aliphatic heterocycles. The summed E-state index contributed by atoms with van der Waals surface area (Å²) < 4.78 is 1.92. The van der Waals surface area contributed by atoms with Gasteiger partial charge in [-0.3, -0.25) is 4.98 Å². The highest BCUT2D eigenvalue weighted by molar-refractivity contribution is 14.1. The molecule has 1 aromatic rings. The van der Waals surface area contributed by atoms with Gasteiger partial charge in [-0.15, -0.1) is 12.6 Å². The van der Waals surface area contributed by atoms with Crippen LogP contribution in [-0.4, -0.2) is 4.98 Å². The predicted molar refractivity (Wildman–Crippen MR) is 54.5 cm³/mol. The molecule has 0 saturated heterocycles.